The van der Waals surface area contributed by atoms with Gasteiger partial charge >= 0.3 is 5.97 Å². The predicted molar refractivity (Wildman–Crippen MR) is 106 cm³/mol. The van der Waals surface area contributed by atoms with Gasteiger partial charge in [0.25, 0.3) is 0 Å². The molecule has 1 aliphatic rings. The van der Waals surface area contributed by atoms with Gasteiger partial charge in [-0.05, 0) is 62.2 Å². The zero-order valence-corrected chi connectivity index (χ0v) is 17.1. The molecule has 3 rings (SSSR count). The first-order chi connectivity index (χ1) is 13.9. The van der Waals surface area contributed by atoms with Gasteiger partial charge in [0.2, 0.25) is 10.0 Å². The van der Waals surface area contributed by atoms with E-state index in [1.807, 2.05) is 13.0 Å². The maximum absolute atomic E-state index is 13.2. The third kappa shape index (κ3) is 4.42. The molecule has 0 unspecified atom stereocenters. The molecule has 0 radical (unpaired) electrons. The van der Waals surface area contributed by atoms with Crippen LogP contribution in [0, 0.1) is 11.3 Å². The van der Waals surface area contributed by atoms with Crippen LogP contribution in [0.4, 0.5) is 0 Å². The standard InChI is InChI=1S/C21H22N2O5S/c1-15-5-3-4-12-23(15)29(25,26)20-13-17(8-11-19(20)27-2)21(24)28-18-9-6-16(14-22)7-10-18/h6-11,13,15H,3-5,12H2,1-2H3/t15-/m1/s1. The van der Waals surface area contributed by atoms with Gasteiger partial charge in [0.05, 0.1) is 24.3 Å². The molecule has 1 saturated heterocycles. The van der Waals surface area contributed by atoms with Gasteiger partial charge in [-0.2, -0.15) is 9.57 Å². The number of nitriles is 1. The Morgan fingerprint density at radius 1 is 1.17 bits per heavy atom. The van der Waals surface area contributed by atoms with Crippen LogP contribution in [-0.2, 0) is 10.0 Å². The number of hydrogen-bond donors (Lipinski definition) is 0. The lowest BCUT2D eigenvalue weighted by atomic mass is 10.1. The SMILES string of the molecule is COc1ccc(C(=O)Oc2ccc(C#N)cc2)cc1S(=O)(=O)N1CCCC[C@H]1C. The number of piperidine rings is 1. The number of methoxy groups -OCH3 is 1. The number of sulfonamides is 1. The van der Waals surface area contributed by atoms with Crippen molar-refractivity contribution in [1.29, 1.82) is 5.26 Å². The molecule has 8 heteroatoms. The number of hydrogen-bond acceptors (Lipinski definition) is 6. The average Bonchev–Trinajstić information content (AvgIpc) is 2.74. The summed E-state index contributed by atoms with van der Waals surface area (Å²) in [5.74, 6) is -0.253. The molecule has 0 amide bonds. The zero-order chi connectivity index (χ0) is 21.0. The molecule has 1 heterocycles. The maximum atomic E-state index is 13.2. The molecule has 0 N–H and O–H groups in total. The third-order valence-electron chi connectivity index (χ3n) is 4.92. The van der Waals surface area contributed by atoms with E-state index in [1.165, 1.54) is 53.9 Å². The lowest BCUT2D eigenvalue weighted by Crippen LogP contribution is -2.42. The molecule has 0 spiro atoms. The smallest absolute Gasteiger partial charge is 0.343 e. The van der Waals surface area contributed by atoms with Crippen molar-refractivity contribution in [3.8, 4) is 17.6 Å². The van der Waals surface area contributed by atoms with E-state index < -0.39 is 16.0 Å². The van der Waals surface area contributed by atoms with Crippen molar-refractivity contribution in [2.24, 2.45) is 0 Å². The Morgan fingerprint density at radius 3 is 2.52 bits per heavy atom. The minimum absolute atomic E-state index is 0.0528. The highest BCUT2D eigenvalue weighted by Gasteiger charge is 2.33. The van der Waals surface area contributed by atoms with E-state index in [0.717, 1.165) is 19.3 Å². The molecule has 29 heavy (non-hydrogen) atoms. The van der Waals surface area contributed by atoms with Crippen LogP contribution >= 0.6 is 0 Å². The molecule has 2 aromatic rings. The first-order valence-electron chi connectivity index (χ1n) is 9.29. The number of rotatable bonds is 5. The molecular formula is C21H22N2O5S. The Bertz CT molecular complexity index is 1040. The third-order valence-corrected chi connectivity index (χ3v) is 6.96. The zero-order valence-electron chi connectivity index (χ0n) is 16.3. The summed E-state index contributed by atoms with van der Waals surface area (Å²) in [6.07, 6.45) is 2.58. The fourth-order valence-electron chi connectivity index (χ4n) is 3.32. The van der Waals surface area contributed by atoms with E-state index in [4.69, 9.17) is 14.7 Å². The fraction of sp³-hybridized carbons (Fsp3) is 0.333. The summed E-state index contributed by atoms with van der Waals surface area (Å²) in [6.45, 7) is 2.32. The number of carbonyl (C=O) groups excluding carboxylic acids is 1. The van der Waals surface area contributed by atoms with Gasteiger partial charge in [-0.3, -0.25) is 0 Å². The van der Waals surface area contributed by atoms with Crippen LogP contribution < -0.4 is 9.47 Å². The summed E-state index contributed by atoms with van der Waals surface area (Å²) in [4.78, 5) is 12.5. The van der Waals surface area contributed by atoms with Crippen LogP contribution in [0.2, 0.25) is 0 Å². The summed E-state index contributed by atoms with van der Waals surface area (Å²) in [6, 6.07) is 12.2. The molecule has 1 fully saturated rings. The topological polar surface area (TPSA) is 96.7 Å². The van der Waals surface area contributed by atoms with Crippen LogP contribution in [0.25, 0.3) is 0 Å². The molecule has 2 aromatic carbocycles. The number of nitrogens with zero attached hydrogens (tertiary/aromatic N) is 2. The quantitative estimate of drug-likeness (QED) is 0.550. The fourth-order valence-corrected chi connectivity index (χ4v) is 5.21. The highest BCUT2D eigenvalue weighted by molar-refractivity contribution is 7.89. The molecule has 0 aliphatic carbocycles. The van der Waals surface area contributed by atoms with E-state index in [-0.39, 0.29) is 28.0 Å². The minimum Gasteiger partial charge on any atom is -0.495 e. The largest absolute Gasteiger partial charge is 0.495 e. The van der Waals surface area contributed by atoms with Crippen molar-refractivity contribution in [2.75, 3.05) is 13.7 Å². The number of carbonyl (C=O) groups is 1. The van der Waals surface area contributed by atoms with Crippen molar-refractivity contribution < 1.29 is 22.7 Å². The van der Waals surface area contributed by atoms with Crippen molar-refractivity contribution in [2.45, 2.75) is 37.1 Å². The van der Waals surface area contributed by atoms with Crippen molar-refractivity contribution in [3.63, 3.8) is 0 Å². The number of benzene rings is 2. The lowest BCUT2D eigenvalue weighted by Gasteiger charge is -2.32. The Kier molecular flexibility index (Phi) is 6.20. The first-order valence-corrected chi connectivity index (χ1v) is 10.7. The van der Waals surface area contributed by atoms with Gasteiger partial charge in [0.1, 0.15) is 16.4 Å². The molecule has 0 saturated carbocycles. The molecule has 7 nitrogen and oxygen atoms in total. The van der Waals surface area contributed by atoms with Crippen molar-refractivity contribution in [3.05, 3.63) is 53.6 Å². The summed E-state index contributed by atoms with van der Waals surface area (Å²) in [7, 11) is -2.44. The van der Waals surface area contributed by atoms with Gasteiger partial charge in [0, 0.05) is 12.6 Å². The summed E-state index contributed by atoms with van der Waals surface area (Å²) >= 11 is 0. The van der Waals surface area contributed by atoms with Crippen LogP contribution in [0.15, 0.2) is 47.4 Å². The van der Waals surface area contributed by atoms with Crippen LogP contribution in [0.1, 0.15) is 42.1 Å². The van der Waals surface area contributed by atoms with Crippen molar-refractivity contribution >= 4 is 16.0 Å². The van der Waals surface area contributed by atoms with E-state index in [1.54, 1.807) is 0 Å². The van der Waals surface area contributed by atoms with Gasteiger partial charge in [-0.25, -0.2) is 13.2 Å². The first kappa shape index (κ1) is 20.8. The number of esters is 1. The molecule has 1 atom stereocenters. The van der Waals surface area contributed by atoms with E-state index in [0.29, 0.717) is 12.1 Å². The maximum Gasteiger partial charge on any atom is 0.343 e. The van der Waals surface area contributed by atoms with E-state index in [9.17, 15) is 13.2 Å². The van der Waals surface area contributed by atoms with Gasteiger partial charge in [-0.1, -0.05) is 6.42 Å². The second-order valence-electron chi connectivity index (χ2n) is 6.85. The summed E-state index contributed by atoms with van der Waals surface area (Å²) in [5.41, 5.74) is 0.539. The minimum atomic E-state index is -3.83. The highest BCUT2D eigenvalue weighted by Crippen LogP contribution is 2.32. The average molecular weight is 414 g/mol. The summed E-state index contributed by atoms with van der Waals surface area (Å²) in [5, 5.41) is 8.84. The molecular weight excluding hydrogens is 392 g/mol. The summed E-state index contributed by atoms with van der Waals surface area (Å²) < 4.78 is 38.5. The highest BCUT2D eigenvalue weighted by atomic mass is 32.2. The Morgan fingerprint density at radius 2 is 1.90 bits per heavy atom. The Balaban J connectivity index is 1.91. The predicted octanol–water partition coefficient (Wildman–Crippen LogP) is 3.35. The van der Waals surface area contributed by atoms with Crippen molar-refractivity contribution in [1.82, 2.24) is 4.31 Å². The van der Waals surface area contributed by atoms with Crippen LogP contribution in [-0.4, -0.2) is 38.4 Å². The van der Waals surface area contributed by atoms with Gasteiger partial charge in [0.15, 0.2) is 0 Å². The normalized spacial score (nSPS) is 17.3. The van der Waals surface area contributed by atoms with Gasteiger partial charge < -0.3 is 9.47 Å². The van der Waals surface area contributed by atoms with Crippen LogP contribution in [0.3, 0.4) is 0 Å². The molecule has 0 aromatic heterocycles. The molecule has 1 aliphatic heterocycles. The lowest BCUT2D eigenvalue weighted by molar-refractivity contribution is 0.0734. The second-order valence-corrected chi connectivity index (χ2v) is 8.71. The van der Waals surface area contributed by atoms with E-state index in [2.05, 4.69) is 0 Å². The Labute approximate surface area is 170 Å². The van der Waals surface area contributed by atoms with Gasteiger partial charge in [-0.15, -0.1) is 0 Å². The monoisotopic (exact) mass is 414 g/mol. The van der Waals surface area contributed by atoms with E-state index >= 15 is 0 Å². The Hall–Kier alpha value is -2.89. The number of ether oxygens (including phenoxy) is 2. The molecule has 152 valence electrons. The molecule has 0 bridgehead atoms. The van der Waals surface area contributed by atoms with Crippen LogP contribution in [0.5, 0.6) is 11.5 Å². The second kappa shape index (κ2) is 8.64.